The molecule has 3 heterocycles. The average Bonchev–Trinajstić information content (AvgIpc) is 3.16. The fraction of sp³-hybridized carbons (Fsp3) is 0.417. The van der Waals surface area contributed by atoms with Crippen LogP contribution in [0.15, 0.2) is 50.2 Å². The van der Waals surface area contributed by atoms with Crippen molar-refractivity contribution < 1.29 is 9.84 Å². The zero-order chi connectivity index (χ0) is 24.4. The molecule has 1 aromatic carbocycles. The SMILES string of the molecule is CCn1c(=O)n(CCCO)c(=O)c2c1nc(OC1=C(C)C(C)CN=C1)n2Cc1ccc(Cl)cc1. The number of rotatable bonds is 8. The van der Waals surface area contributed by atoms with E-state index in [-0.39, 0.29) is 36.2 Å². The van der Waals surface area contributed by atoms with E-state index < -0.39 is 11.2 Å². The monoisotopic (exact) mass is 485 g/mol. The molecule has 0 bridgehead atoms. The van der Waals surface area contributed by atoms with Gasteiger partial charge in [0.25, 0.3) is 5.56 Å². The molecule has 0 fully saturated rings. The zero-order valence-corrected chi connectivity index (χ0v) is 20.2. The number of benzene rings is 1. The van der Waals surface area contributed by atoms with Gasteiger partial charge in [0.2, 0.25) is 0 Å². The van der Waals surface area contributed by atoms with Gasteiger partial charge in [-0.05, 0) is 43.5 Å². The van der Waals surface area contributed by atoms with E-state index in [2.05, 4.69) is 16.9 Å². The zero-order valence-electron chi connectivity index (χ0n) is 19.5. The Hall–Kier alpha value is -3.17. The molecule has 0 radical (unpaired) electrons. The number of aliphatic imine (C=N–C) groups is 1. The first-order valence-electron chi connectivity index (χ1n) is 11.3. The Morgan fingerprint density at radius 2 is 1.91 bits per heavy atom. The van der Waals surface area contributed by atoms with Crippen LogP contribution < -0.4 is 16.0 Å². The second-order valence-electron chi connectivity index (χ2n) is 8.38. The third-order valence-corrected chi connectivity index (χ3v) is 6.36. The highest BCUT2D eigenvalue weighted by Crippen LogP contribution is 2.25. The van der Waals surface area contributed by atoms with Gasteiger partial charge in [0.1, 0.15) is 5.76 Å². The van der Waals surface area contributed by atoms with Gasteiger partial charge in [-0.25, -0.2) is 4.79 Å². The summed E-state index contributed by atoms with van der Waals surface area (Å²) >= 11 is 6.05. The van der Waals surface area contributed by atoms with Gasteiger partial charge in [0.05, 0.1) is 12.8 Å². The van der Waals surface area contributed by atoms with Crippen molar-refractivity contribution >= 4 is 29.0 Å². The molecular weight excluding hydrogens is 458 g/mol. The van der Waals surface area contributed by atoms with Gasteiger partial charge in [-0.15, -0.1) is 0 Å². The van der Waals surface area contributed by atoms with E-state index in [1.54, 1.807) is 22.9 Å². The van der Waals surface area contributed by atoms with E-state index in [0.717, 1.165) is 15.7 Å². The Bertz CT molecular complexity index is 1380. The first kappa shape index (κ1) is 24.0. The first-order chi connectivity index (χ1) is 16.3. The molecule has 0 amide bonds. The van der Waals surface area contributed by atoms with Crippen molar-refractivity contribution in [3.8, 4) is 6.01 Å². The van der Waals surface area contributed by atoms with Gasteiger partial charge < -0.3 is 9.84 Å². The van der Waals surface area contributed by atoms with Crippen LogP contribution in [0, 0.1) is 5.92 Å². The van der Waals surface area contributed by atoms with Gasteiger partial charge in [0.15, 0.2) is 11.2 Å². The molecule has 34 heavy (non-hydrogen) atoms. The number of ether oxygens (including phenoxy) is 1. The Balaban J connectivity index is 1.96. The molecule has 0 saturated heterocycles. The second kappa shape index (κ2) is 9.99. The summed E-state index contributed by atoms with van der Waals surface area (Å²) in [5.74, 6) is 0.802. The van der Waals surface area contributed by atoms with Gasteiger partial charge in [-0.1, -0.05) is 30.7 Å². The number of aromatic nitrogens is 4. The lowest BCUT2D eigenvalue weighted by Gasteiger charge is -2.18. The predicted molar refractivity (Wildman–Crippen MR) is 132 cm³/mol. The summed E-state index contributed by atoms with van der Waals surface area (Å²) in [6, 6.07) is 7.50. The number of aliphatic hydroxyl groups is 1. The molecule has 2 aromatic heterocycles. The van der Waals surface area contributed by atoms with E-state index >= 15 is 0 Å². The van der Waals surface area contributed by atoms with Crippen LogP contribution in [0.3, 0.4) is 0 Å². The molecular formula is C24H28ClN5O4. The Labute approximate surface area is 201 Å². The molecule has 1 aliphatic rings. The number of hydrogen-bond acceptors (Lipinski definition) is 6. The molecule has 10 heteroatoms. The lowest BCUT2D eigenvalue weighted by Crippen LogP contribution is -2.40. The van der Waals surface area contributed by atoms with E-state index in [1.165, 1.54) is 4.57 Å². The van der Waals surface area contributed by atoms with Crippen molar-refractivity contribution in [1.29, 1.82) is 0 Å². The quantitative estimate of drug-likeness (QED) is 0.528. The maximum atomic E-state index is 13.5. The standard InChI is InChI=1S/C24H28ClN5O4/c1-4-28-21-20(22(32)29(24(28)33)10-5-11-31)30(14-17-6-8-18(25)9-7-17)23(27-21)34-19-13-26-12-15(2)16(19)3/h6-9,13,15,31H,4-5,10-12,14H2,1-3H3. The van der Waals surface area contributed by atoms with Crippen LogP contribution in [0.2, 0.25) is 5.02 Å². The highest BCUT2D eigenvalue weighted by molar-refractivity contribution is 6.30. The molecule has 4 rings (SSSR count). The Morgan fingerprint density at radius 3 is 2.59 bits per heavy atom. The minimum atomic E-state index is -0.467. The number of hydrogen-bond donors (Lipinski definition) is 1. The van der Waals surface area contributed by atoms with Crippen molar-refractivity contribution in [3.63, 3.8) is 0 Å². The molecule has 1 atom stereocenters. The van der Waals surface area contributed by atoms with Crippen LogP contribution in [0.1, 0.15) is 32.8 Å². The lowest BCUT2D eigenvalue weighted by molar-refractivity contribution is 0.277. The Morgan fingerprint density at radius 1 is 1.18 bits per heavy atom. The number of allylic oxidation sites excluding steroid dienone is 1. The van der Waals surface area contributed by atoms with Crippen LogP contribution in [0.4, 0.5) is 0 Å². The number of fused-ring (bicyclic) bond motifs is 1. The van der Waals surface area contributed by atoms with Gasteiger partial charge >= 0.3 is 11.7 Å². The van der Waals surface area contributed by atoms with Crippen LogP contribution in [-0.4, -0.2) is 43.2 Å². The summed E-state index contributed by atoms with van der Waals surface area (Å²) in [6.45, 7) is 7.17. The predicted octanol–water partition coefficient (Wildman–Crippen LogP) is 2.84. The number of aryl methyl sites for hydroxylation is 1. The van der Waals surface area contributed by atoms with E-state index in [9.17, 15) is 14.7 Å². The maximum Gasteiger partial charge on any atom is 0.332 e. The minimum Gasteiger partial charge on any atom is -0.424 e. The van der Waals surface area contributed by atoms with Crippen LogP contribution in [-0.2, 0) is 19.6 Å². The second-order valence-corrected chi connectivity index (χ2v) is 8.82. The summed E-state index contributed by atoms with van der Waals surface area (Å²) in [5, 5.41) is 9.87. The smallest absolute Gasteiger partial charge is 0.332 e. The Kier molecular flexibility index (Phi) is 7.04. The van der Waals surface area contributed by atoms with Crippen LogP contribution in [0.5, 0.6) is 6.01 Å². The number of halogens is 1. The fourth-order valence-electron chi connectivity index (χ4n) is 3.96. The van der Waals surface area contributed by atoms with Gasteiger partial charge in [-0.3, -0.25) is 23.5 Å². The van der Waals surface area contributed by atoms with Crippen molar-refractivity contribution in [2.45, 2.75) is 46.8 Å². The lowest BCUT2D eigenvalue weighted by atomic mass is 10.0. The van der Waals surface area contributed by atoms with Crippen molar-refractivity contribution in [2.24, 2.45) is 10.9 Å². The van der Waals surface area contributed by atoms with Gasteiger partial charge in [-0.2, -0.15) is 4.98 Å². The molecule has 9 nitrogen and oxygen atoms in total. The number of imidazole rings is 1. The van der Waals surface area contributed by atoms with E-state index in [1.807, 2.05) is 26.0 Å². The van der Waals surface area contributed by atoms with Crippen LogP contribution >= 0.6 is 11.6 Å². The summed E-state index contributed by atoms with van der Waals surface area (Å²) in [4.78, 5) is 35.5. The molecule has 1 N–H and O–H groups in total. The molecule has 0 aliphatic carbocycles. The summed E-state index contributed by atoms with van der Waals surface area (Å²) in [5.41, 5.74) is 1.53. The number of aliphatic hydroxyl groups excluding tert-OH is 1. The van der Waals surface area contributed by atoms with E-state index in [4.69, 9.17) is 16.3 Å². The maximum absolute atomic E-state index is 13.5. The third kappa shape index (κ3) is 4.45. The third-order valence-electron chi connectivity index (χ3n) is 6.11. The van der Waals surface area contributed by atoms with Crippen LogP contribution in [0.25, 0.3) is 11.2 Å². The molecule has 3 aromatic rings. The largest absolute Gasteiger partial charge is 0.424 e. The van der Waals surface area contributed by atoms with Gasteiger partial charge in [0, 0.05) is 37.2 Å². The van der Waals surface area contributed by atoms with E-state index in [0.29, 0.717) is 36.8 Å². The summed E-state index contributed by atoms with van der Waals surface area (Å²) in [7, 11) is 0. The van der Waals surface area contributed by atoms with Crippen molar-refractivity contribution in [3.05, 3.63) is 67.0 Å². The number of nitrogens with zero attached hydrogens (tertiary/aromatic N) is 5. The molecule has 0 saturated carbocycles. The van der Waals surface area contributed by atoms with Crippen molar-refractivity contribution in [2.75, 3.05) is 13.2 Å². The topological polar surface area (TPSA) is 104 Å². The highest BCUT2D eigenvalue weighted by Gasteiger charge is 2.24. The first-order valence-corrected chi connectivity index (χ1v) is 11.7. The summed E-state index contributed by atoms with van der Waals surface area (Å²) in [6.07, 6.45) is 1.97. The minimum absolute atomic E-state index is 0.112. The van der Waals surface area contributed by atoms with Crippen molar-refractivity contribution in [1.82, 2.24) is 18.7 Å². The molecule has 1 unspecified atom stereocenters. The fourth-order valence-corrected chi connectivity index (χ4v) is 4.09. The molecule has 180 valence electrons. The average molecular weight is 486 g/mol. The highest BCUT2D eigenvalue weighted by atomic mass is 35.5. The molecule has 0 spiro atoms. The molecule has 1 aliphatic heterocycles. The summed E-state index contributed by atoms with van der Waals surface area (Å²) < 4.78 is 10.5. The number of dihydropyridines is 1. The normalized spacial score (nSPS) is 16.0.